The van der Waals surface area contributed by atoms with Crippen molar-refractivity contribution in [2.45, 2.75) is 39.8 Å². The molecular weight excluding hydrogens is 234 g/mol. The third-order valence-electron chi connectivity index (χ3n) is 2.48. The lowest BCUT2D eigenvalue weighted by Crippen LogP contribution is -2.27. The summed E-state index contributed by atoms with van der Waals surface area (Å²) in [6.07, 6.45) is 1.04. The number of nitrogens with one attached hydrogen (secondary N) is 1. The van der Waals surface area contributed by atoms with E-state index in [9.17, 15) is 0 Å². The van der Waals surface area contributed by atoms with Gasteiger partial charge in [-0.05, 0) is 32.4 Å². The molecule has 92 valence electrons. The van der Waals surface area contributed by atoms with Crippen LogP contribution in [-0.4, -0.2) is 16.2 Å². The fourth-order valence-electron chi connectivity index (χ4n) is 1.65. The van der Waals surface area contributed by atoms with Crippen LogP contribution < -0.4 is 5.32 Å². The molecule has 0 amide bonds. The normalized spacial score (nSPS) is 12.9. The molecule has 1 N–H and O–H groups in total. The molecule has 1 unspecified atom stereocenters. The van der Waals surface area contributed by atoms with Gasteiger partial charge in [0.1, 0.15) is 0 Å². The third kappa shape index (κ3) is 3.64. The summed E-state index contributed by atoms with van der Waals surface area (Å²) < 4.78 is 4.92. The Hall–Kier alpha value is -1.20. The Morgan fingerprint density at radius 3 is 2.82 bits per heavy atom. The quantitative estimate of drug-likeness (QED) is 0.887. The van der Waals surface area contributed by atoms with E-state index in [0.717, 1.165) is 12.2 Å². The Morgan fingerprint density at radius 2 is 2.24 bits per heavy atom. The summed E-state index contributed by atoms with van der Waals surface area (Å²) in [4.78, 5) is 6.93. The lowest BCUT2D eigenvalue weighted by atomic mass is 10.2. The predicted octanol–water partition coefficient (Wildman–Crippen LogP) is 2.47. The zero-order chi connectivity index (χ0) is 12.3. The van der Waals surface area contributed by atoms with Crippen molar-refractivity contribution in [3.8, 4) is 0 Å². The molecule has 2 aromatic rings. The standard InChI is InChI=1S/C12H17N3OS/c1-8(6-11-5-4-9(2)17-11)13-7-12-14-10(3)16-15-12/h4-5,8,13H,6-7H2,1-3H3. The van der Waals surface area contributed by atoms with Crippen molar-refractivity contribution >= 4 is 11.3 Å². The Labute approximate surface area is 105 Å². The van der Waals surface area contributed by atoms with Crippen molar-refractivity contribution in [2.24, 2.45) is 0 Å². The molecule has 0 saturated carbocycles. The highest BCUT2D eigenvalue weighted by atomic mass is 32.1. The van der Waals surface area contributed by atoms with Crippen LogP contribution in [0.5, 0.6) is 0 Å². The molecule has 1 atom stereocenters. The number of aryl methyl sites for hydroxylation is 2. The highest BCUT2D eigenvalue weighted by molar-refractivity contribution is 7.11. The predicted molar refractivity (Wildman–Crippen MR) is 68.1 cm³/mol. The van der Waals surface area contributed by atoms with E-state index >= 15 is 0 Å². The molecule has 0 fully saturated rings. The molecule has 0 bridgehead atoms. The van der Waals surface area contributed by atoms with Crippen molar-refractivity contribution in [3.63, 3.8) is 0 Å². The monoisotopic (exact) mass is 251 g/mol. The molecule has 0 aliphatic carbocycles. The van der Waals surface area contributed by atoms with Crippen molar-refractivity contribution in [1.82, 2.24) is 15.5 Å². The van der Waals surface area contributed by atoms with Crippen molar-refractivity contribution < 1.29 is 4.52 Å². The van der Waals surface area contributed by atoms with Gasteiger partial charge in [-0.3, -0.25) is 0 Å². The maximum atomic E-state index is 4.92. The van der Waals surface area contributed by atoms with Crippen LogP contribution >= 0.6 is 11.3 Å². The van der Waals surface area contributed by atoms with E-state index < -0.39 is 0 Å². The molecule has 0 aromatic carbocycles. The highest BCUT2D eigenvalue weighted by Crippen LogP contribution is 2.16. The first-order chi connectivity index (χ1) is 8.13. The van der Waals surface area contributed by atoms with E-state index in [1.54, 1.807) is 6.92 Å². The van der Waals surface area contributed by atoms with Gasteiger partial charge in [0.2, 0.25) is 5.89 Å². The van der Waals surface area contributed by atoms with E-state index in [1.807, 2.05) is 11.3 Å². The molecule has 0 radical (unpaired) electrons. The second-order valence-corrected chi connectivity index (χ2v) is 5.60. The Balaban J connectivity index is 1.79. The molecule has 0 aliphatic rings. The number of hydrogen-bond acceptors (Lipinski definition) is 5. The van der Waals surface area contributed by atoms with Gasteiger partial charge in [0, 0.05) is 22.7 Å². The van der Waals surface area contributed by atoms with Crippen molar-refractivity contribution in [1.29, 1.82) is 0 Å². The van der Waals surface area contributed by atoms with Crippen molar-refractivity contribution in [2.75, 3.05) is 0 Å². The van der Waals surface area contributed by atoms with Crippen LogP contribution in [0.1, 0.15) is 28.4 Å². The Kier molecular flexibility index (Phi) is 3.91. The average molecular weight is 251 g/mol. The summed E-state index contributed by atoms with van der Waals surface area (Å²) in [7, 11) is 0. The number of rotatable bonds is 5. The zero-order valence-electron chi connectivity index (χ0n) is 10.4. The Morgan fingerprint density at radius 1 is 1.41 bits per heavy atom. The first kappa shape index (κ1) is 12.3. The molecule has 2 aromatic heterocycles. The van der Waals surface area contributed by atoms with Gasteiger partial charge in [-0.2, -0.15) is 4.98 Å². The summed E-state index contributed by atoms with van der Waals surface area (Å²) >= 11 is 1.85. The van der Waals surface area contributed by atoms with Crippen LogP contribution in [0.4, 0.5) is 0 Å². The van der Waals surface area contributed by atoms with Crippen LogP contribution in [0.15, 0.2) is 16.7 Å². The van der Waals surface area contributed by atoms with E-state index in [-0.39, 0.29) is 0 Å². The number of thiophene rings is 1. The SMILES string of the molecule is Cc1nc(CNC(C)Cc2ccc(C)s2)no1. The second kappa shape index (κ2) is 5.42. The highest BCUT2D eigenvalue weighted by Gasteiger charge is 2.07. The van der Waals surface area contributed by atoms with E-state index in [0.29, 0.717) is 18.5 Å². The lowest BCUT2D eigenvalue weighted by Gasteiger charge is -2.10. The molecule has 4 nitrogen and oxygen atoms in total. The molecular formula is C12H17N3OS. The summed E-state index contributed by atoms with van der Waals surface area (Å²) in [5, 5.41) is 7.24. The minimum Gasteiger partial charge on any atom is -0.340 e. The van der Waals surface area contributed by atoms with Crippen LogP contribution in [0.3, 0.4) is 0 Å². The maximum absolute atomic E-state index is 4.92. The first-order valence-corrected chi connectivity index (χ1v) is 6.53. The largest absolute Gasteiger partial charge is 0.340 e. The second-order valence-electron chi connectivity index (χ2n) is 4.23. The Bertz CT molecular complexity index is 478. The van der Waals surface area contributed by atoms with E-state index in [1.165, 1.54) is 9.75 Å². The lowest BCUT2D eigenvalue weighted by molar-refractivity contribution is 0.383. The van der Waals surface area contributed by atoms with E-state index in [2.05, 4.69) is 41.4 Å². The number of hydrogen-bond donors (Lipinski definition) is 1. The molecule has 17 heavy (non-hydrogen) atoms. The molecule has 0 spiro atoms. The maximum Gasteiger partial charge on any atom is 0.223 e. The van der Waals surface area contributed by atoms with Gasteiger partial charge in [0.05, 0.1) is 6.54 Å². The summed E-state index contributed by atoms with van der Waals surface area (Å²) in [5.74, 6) is 1.33. The molecule has 2 rings (SSSR count). The van der Waals surface area contributed by atoms with Crippen LogP contribution in [0, 0.1) is 13.8 Å². The first-order valence-electron chi connectivity index (χ1n) is 5.71. The fraction of sp³-hybridized carbons (Fsp3) is 0.500. The molecule has 0 saturated heterocycles. The van der Waals surface area contributed by atoms with Crippen LogP contribution in [0.25, 0.3) is 0 Å². The smallest absolute Gasteiger partial charge is 0.223 e. The third-order valence-corrected chi connectivity index (χ3v) is 3.50. The number of aromatic nitrogens is 2. The minimum atomic E-state index is 0.409. The van der Waals surface area contributed by atoms with E-state index in [4.69, 9.17) is 4.52 Å². The number of nitrogens with zero attached hydrogens (tertiary/aromatic N) is 2. The van der Waals surface area contributed by atoms with Gasteiger partial charge in [-0.15, -0.1) is 11.3 Å². The molecule has 2 heterocycles. The van der Waals surface area contributed by atoms with Crippen molar-refractivity contribution in [3.05, 3.63) is 33.6 Å². The summed E-state index contributed by atoms with van der Waals surface area (Å²) in [5.41, 5.74) is 0. The molecule has 5 heteroatoms. The minimum absolute atomic E-state index is 0.409. The topological polar surface area (TPSA) is 51.0 Å². The van der Waals surface area contributed by atoms with Gasteiger partial charge in [-0.25, -0.2) is 0 Å². The van der Waals surface area contributed by atoms with Crippen LogP contribution in [-0.2, 0) is 13.0 Å². The fourth-order valence-corrected chi connectivity index (χ4v) is 2.67. The van der Waals surface area contributed by atoms with Gasteiger partial charge in [0.15, 0.2) is 5.82 Å². The van der Waals surface area contributed by atoms with Gasteiger partial charge >= 0.3 is 0 Å². The van der Waals surface area contributed by atoms with Crippen LogP contribution in [0.2, 0.25) is 0 Å². The van der Waals surface area contributed by atoms with Gasteiger partial charge < -0.3 is 9.84 Å². The summed E-state index contributed by atoms with van der Waals surface area (Å²) in [6.45, 7) is 6.76. The van der Waals surface area contributed by atoms with Gasteiger partial charge in [-0.1, -0.05) is 5.16 Å². The summed E-state index contributed by atoms with van der Waals surface area (Å²) in [6, 6.07) is 4.76. The zero-order valence-corrected chi connectivity index (χ0v) is 11.2. The van der Waals surface area contributed by atoms with Gasteiger partial charge in [0.25, 0.3) is 0 Å². The average Bonchev–Trinajstić information content (AvgIpc) is 2.85. The molecule has 0 aliphatic heterocycles.